The Hall–Kier alpha value is -1.31. The van der Waals surface area contributed by atoms with Crippen LogP contribution in [0.3, 0.4) is 0 Å². The van der Waals surface area contributed by atoms with Crippen molar-refractivity contribution >= 4 is 5.91 Å². The Bertz CT molecular complexity index is 309. The molecule has 81 valence electrons. The van der Waals surface area contributed by atoms with Gasteiger partial charge in [0.25, 0.3) is 5.91 Å². The van der Waals surface area contributed by atoms with Crippen LogP contribution in [0.25, 0.3) is 0 Å². The number of amides is 1. The predicted octanol–water partition coefficient (Wildman–Crippen LogP) is 2.75. The third kappa shape index (κ3) is 2.82. The van der Waals surface area contributed by atoms with Crippen molar-refractivity contribution in [1.29, 1.82) is 0 Å². The molecule has 0 N–H and O–H groups in total. The number of nitrogens with zero attached hydrogens (tertiary/aromatic N) is 1. The zero-order valence-corrected chi connectivity index (χ0v) is 9.82. The molecule has 0 unspecified atom stereocenters. The summed E-state index contributed by atoms with van der Waals surface area (Å²) < 4.78 is 0. The second-order valence-electron chi connectivity index (χ2n) is 4.19. The summed E-state index contributed by atoms with van der Waals surface area (Å²) in [7, 11) is 0. The van der Waals surface area contributed by atoms with Crippen molar-refractivity contribution in [2.24, 2.45) is 0 Å². The SMILES string of the molecule is CC(C)N(C(=O)c1cc[c]cc1)C(C)C. The Morgan fingerprint density at radius 2 is 1.60 bits per heavy atom. The van der Waals surface area contributed by atoms with E-state index >= 15 is 0 Å². The molecule has 0 fully saturated rings. The summed E-state index contributed by atoms with van der Waals surface area (Å²) in [5.74, 6) is 0.0917. The van der Waals surface area contributed by atoms with Crippen molar-refractivity contribution < 1.29 is 4.79 Å². The fraction of sp³-hybridized carbons (Fsp3) is 0.462. The van der Waals surface area contributed by atoms with E-state index in [1.165, 1.54) is 0 Å². The maximum Gasteiger partial charge on any atom is 0.254 e. The molecule has 0 aliphatic rings. The highest BCUT2D eigenvalue weighted by Gasteiger charge is 2.20. The zero-order valence-electron chi connectivity index (χ0n) is 9.82. The molecule has 0 aliphatic heterocycles. The highest BCUT2D eigenvalue weighted by molar-refractivity contribution is 5.94. The van der Waals surface area contributed by atoms with Gasteiger partial charge in [-0.15, -0.1) is 0 Å². The third-order valence-corrected chi connectivity index (χ3v) is 2.31. The van der Waals surface area contributed by atoms with E-state index in [0.29, 0.717) is 0 Å². The first-order valence-electron chi connectivity index (χ1n) is 5.32. The monoisotopic (exact) mass is 204 g/mol. The van der Waals surface area contributed by atoms with Crippen LogP contribution in [0.1, 0.15) is 38.1 Å². The van der Waals surface area contributed by atoms with Crippen LogP contribution in [0.5, 0.6) is 0 Å². The molecule has 0 aromatic heterocycles. The minimum atomic E-state index is 0.0917. The summed E-state index contributed by atoms with van der Waals surface area (Å²) >= 11 is 0. The summed E-state index contributed by atoms with van der Waals surface area (Å²) in [6.45, 7) is 8.14. The number of hydrogen-bond acceptors (Lipinski definition) is 1. The maximum atomic E-state index is 12.1. The van der Waals surface area contributed by atoms with Crippen molar-refractivity contribution in [3.8, 4) is 0 Å². The van der Waals surface area contributed by atoms with Crippen molar-refractivity contribution in [2.45, 2.75) is 39.8 Å². The van der Waals surface area contributed by atoms with E-state index < -0.39 is 0 Å². The van der Waals surface area contributed by atoms with Gasteiger partial charge in [-0.3, -0.25) is 4.79 Å². The standard InChI is InChI=1S/C13H18NO/c1-10(2)14(11(3)4)13(15)12-8-6-5-7-9-12/h6-11H,1-4H3. The van der Waals surface area contributed by atoms with E-state index in [9.17, 15) is 4.79 Å². The van der Waals surface area contributed by atoms with E-state index in [2.05, 4.69) is 6.07 Å². The Morgan fingerprint density at radius 3 is 2.00 bits per heavy atom. The highest BCUT2D eigenvalue weighted by Crippen LogP contribution is 2.11. The Labute approximate surface area is 91.9 Å². The van der Waals surface area contributed by atoms with Crippen molar-refractivity contribution in [2.75, 3.05) is 0 Å². The van der Waals surface area contributed by atoms with Crippen molar-refractivity contribution in [3.05, 3.63) is 35.9 Å². The molecule has 0 saturated carbocycles. The van der Waals surface area contributed by atoms with Crippen LogP contribution in [0.4, 0.5) is 0 Å². The second-order valence-corrected chi connectivity index (χ2v) is 4.19. The maximum absolute atomic E-state index is 12.1. The molecule has 2 heteroatoms. The lowest BCUT2D eigenvalue weighted by Crippen LogP contribution is -2.42. The van der Waals surface area contributed by atoms with Crippen molar-refractivity contribution in [1.82, 2.24) is 4.90 Å². The highest BCUT2D eigenvalue weighted by atomic mass is 16.2. The van der Waals surface area contributed by atoms with Gasteiger partial charge in [0.05, 0.1) is 0 Å². The topological polar surface area (TPSA) is 20.3 Å². The van der Waals surface area contributed by atoms with Gasteiger partial charge in [-0.2, -0.15) is 0 Å². The van der Waals surface area contributed by atoms with Crippen LogP contribution in [-0.2, 0) is 0 Å². The first kappa shape index (κ1) is 11.8. The Morgan fingerprint density at radius 1 is 1.13 bits per heavy atom. The second kappa shape index (κ2) is 4.96. The van der Waals surface area contributed by atoms with Gasteiger partial charge in [-0.1, -0.05) is 12.1 Å². The van der Waals surface area contributed by atoms with Gasteiger partial charge in [-0.05, 0) is 45.9 Å². The lowest BCUT2D eigenvalue weighted by molar-refractivity contribution is 0.0644. The zero-order chi connectivity index (χ0) is 11.4. The van der Waals surface area contributed by atoms with Crippen LogP contribution in [0.2, 0.25) is 0 Å². The van der Waals surface area contributed by atoms with Crippen molar-refractivity contribution in [3.63, 3.8) is 0 Å². The molecule has 2 nitrogen and oxygen atoms in total. The molecule has 0 atom stereocenters. The molecule has 1 radical (unpaired) electrons. The Kier molecular flexibility index (Phi) is 3.89. The van der Waals surface area contributed by atoms with E-state index in [1.807, 2.05) is 32.6 Å². The molecule has 1 aromatic rings. The number of carbonyl (C=O) groups is 1. The van der Waals surface area contributed by atoms with E-state index in [0.717, 1.165) is 5.56 Å². The smallest absolute Gasteiger partial charge is 0.254 e. The number of rotatable bonds is 3. The van der Waals surface area contributed by atoms with E-state index in [1.54, 1.807) is 24.3 Å². The van der Waals surface area contributed by atoms with Gasteiger partial charge < -0.3 is 4.90 Å². The first-order valence-corrected chi connectivity index (χ1v) is 5.32. The normalized spacial score (nSPS) is 10.8. The fourth-order valence-corrected chi connectivity index (χ4v) is 1.74. The average molecular weight is 204 g/mol. The van der Waals surface area contributed by atoms with Gasteiger partial charge in [0, 0.05) is 17.6 Å². The van der Waals surface area contributed by atoms with Crippen LogP contribution < -0.4 is 0 Å². The molecule has 1 rings (SSSR count). The number of carbonyl (C=O) groups excluding carboxylic acids is 1. The molecular weight excluding hydrogens is 186 g/mol. The molecule has 0 aliphatic carbocycles. The summed E-state index contributed by atoms with van der Waals surface area (Å²) in [6.07, 6.45) is 0. The molecule has 0 saturated heterocycles. The molecule has 1 aromatic carbocycles. The van der Waals surface area contributed by atoms with Gasteiger partial charge in [0.15, 0.2) is 0 Å². The molecule has 15 heavy (non-hydrogen) atoms. The first-order chi connectivity index (χ1) is 7.04. The predicted molar refractivity (Wildman–Crippen MR) is 61.7 cm³/mol. The summed E-state index contributed by atoms with van der Waals surface area (Å²) in [5.41, 5.74) is 0.733. The number of hydrogen-bond donors (Lipinski definition) is 0. The fourth-order valence-electron chi connectivity index (χ4n) is 1.74. The van der Waals surface area contributed by atoms with Gasteiger partial charge in [0.2, 0.25) is 0 Å². The molecular formula is C13H18NO. The lowest BCUT2D eigenvalue weighted by atomic mass is 10.1. The summed E-state index contributed by atoms with van der Waals surface area (Å²) in [4.78, 5) is 14.0. The molecule has 0 bridgehead atoms. The van der Waals surface area contributed by atoms with Crippen LogP contribution >= 0.6 is 0 Å². The van der Waals surface area contributed by atoms with E-state index in [4.69, 9.17) is 0 Å². The van der Waals surface area contributed by atoms with Crippen LogP contribution in [-0.4, -0.2) is 22.9 Å². The van der Waals surface area contributed by atoms with Gasteiger partial charge in [0.1, 0.15) is 0 Å². The molecule has 0 heterocycles. The van der Waals surface area contributed by atoms with Crippen LogP contribution in [0.15, 0.2) is 24.3 Å². The molecule has 0 spiro atoms. The van der Waals surface area contributed by atoms with Gasteiger partial charge >= 0.3 is 0 Å². The largest absolute Gasteiger partial charge is 0.334 e. The molecule has 1 amide bonds. The average Bonchev–Trinajstić information content (AvgIpc) is 2.18. The van der Waals surface area contributed by atoms with Crippen LogP contribution in [0, 0.1) is 6.07 Å². The summed E-state index contributed by atoms with van der Waals surface area (Å²) in [5, 5.41) is 0. The lowest BCUT2D eigenvalue weighted by Gasteiger charge is -2.30. The minimum Gasteiger partial charge on any atom is -0.334 e. The Balaban J connectivity index is 2.92. The quantitative estimate of drug-likeness (QED) is 0.741. The summed E-state index contributed by atoms with van der Waals surface area (Å²) in [6, 6.07) is 10.5. The third-order valence-electron chi connectivity index (χ3n) is 2.31. The minimum absolute atomic E-state index is 0.0917. The van der Waals surface area contributed by atoms with Gasteiger partial charge in [-0.25, -0.2) is 0 Å². The number of benzene rings is 1. The van der Waals surface area contributed by atoms with E-state index in [-0.39, 0.29) is 18.0 Å².